The number of H-pyrrole nitrogens is 1. The number of aromatic amines is 1. The van der Waals surface area contributed by atoms with Crippen LogP contribution in [0.5, 0.6) is 5.75 Å². The van der Waals surface area contributed by atoms with Crippen molar-refractivity contribution in [2.24, 2.45) is 0 Å². The molecule has 0 spiro atoms. The van der Waals surface area contributed by atoms with Crippen molar-refractivity contribution in [3.05, 3.63) is 82.1 Å². The number of hydrogen-bond donors (Lipinski definition) is 1. The van der Waals surface area contributed by atoms with Crippen LogP contribution in [0.2, 0.25) is 0 Å². The second-order valence-electron chi connectivity index (χ2n) is 10.0. The fraction of sp³-hybridized carbons (Fsp3) is 0.406. The Morgan fingerprint density at radius 2 is 1.67 bits per heavy atom. The second-order valence-corrected chi connectivity index (χ2v) is 12.9. The van der Waals surface area contributed by atoms with Gasteiger partial charge in [0.25, 0.3) is 0 Å². The number of allylic oxidation sites excluding steroid dienone is 2. The summed E-state index contributed by atoms with van der Waals surface area (Å²) in [6, 6.07) is 12.2. The van der Waals surface area contributed by atoms with Gasteiger partial charge in [-0.2, -0.15) is 8.78 Å². The largest absolute Gasteiger partial charge is 0.472 e. The fourth-order valence-corrected chi connectivity index (χ4v) is 6.30. The fourth-order valence-electron chi connectivity index (χ4n) is 4.60. The van der Waals surface area contributed by atoms with E-state index in [-0.39, 0.29) is 21.8 Å². The zero-order valence-corrected chi connectivity index (χ0v) is 28.9. The van der Waals surface area contributed by atoms with Crippen LogP contribution in [0.4, 0.5) is 8.78 Å². The van der Waals surface area contributed by atoms with E-state index in [9.17, 15) is 8.78 Å². The first-order chi connectivity index (χ1) is 20.5. The third kappa shape index (κ3) is 9.97. The number of pyridine rings is 1. The predicted molar refractivity (Wildman–Crippen MR) is 183 cm³/mol. The first kappa shape index (κ1) is 36.4. The van der Waals surface area contributed by atoms with Gasteiger partial charge in [-0.25, -0.2) is 0 Å². The molecule has 3 atom stereocenters. The van der Waals surface area contributed by atoms with Gasteiger partial charge in [-0.05, 0) is 60.0 Å². The topological polar surface area (TPSA) is 25.0 Å². The number of unbranched alkanes of at least 4 members (excludes halogenated alkanes) is 3. The highest BCUT2D eigenvalue weighted by Crippen LogP contribution is 2.43. The van der Waals surface area contributed by atoms with Gasteiger partial charge in [0.2, 0.25) is 0 Å². The molecular formula is C32H33Cl6F2NOS. The molecule has 0 fully saturated rings. The Bertz CT molecular complexity index is 1430. The monoisotopic (exact) mass is 727 g/mol. The lowest BCUT2D eigenvalue weighted by Gasteiger charge is -2.23. The van der Waals surface area contributed by atoms with Crippen LogP contribution in [0, 0.1) is 4.51 Å². The average Bonchev–Trinajstić information content (AvgIpc) is 2.99. The maximum atomic E-state index is 14.7. The van der Waals surface area contributed by atoms with Gasteiger partial charge in [-0.1, -0.05) is 92.1 Å². The van der Waals surface area contributed by atoms with Crippen molar-refractivity contribution < 1.29 is 13.5 Å². The molecule has 11 heteroatoms. The van der Waals surface area contributed by atoms with E-state index in [0.29, 0.717) is 34.4 Å². The molecule has 0 saturated carbocycles. The molecular weight excluding hydrogens is 697 g/mol. The van der Waals surface area contributed by atoms with Gasteiger partial charge >= 0.3 is 5.38 Å². The summed E-state index contributed by atoms with van der Waals surface area (Å²) in [4.78, 5) is 2.67. The van der Waals surface area contributed by atoms with Crippen LogP contribution in [0.1, 0.15) is 62.3 Å². The van der Waals surface area contributed by atoms with Crippen LogP contribution in [-0.4, -0.2) is 21.3 Å². The molecule has 0 aliphatic rings. The summed E-state index contributed by atoms with van der Waals surface area (Å²) in [5.41, 5.74) is 1.27. The van der Waals surface area contributed by atoms with Gasteiger partial charge in [0, 0.05) is 34.6 Å². The Labute approximate surface area is 287 Å². The number of hydrogen-bond acceptors (Lipinski definition) is 2. The highest BCUT2D eigenvalue weighted by atomic mass is 35.5. The number of nitrogens with one attached hydrogen (secondary N) is 1. The van der Waals surface area contributed by atoms with Crippen molar-refractivity contribution in [2.75, 3.05) is 0 Å². The van der Waals surface area contributed by atoms with Crippen molar-refractivity contribution in [1.29, 1.82) is 0 Å². The lowest BCUT2D eigenvalue weighted by Crippen LogP contribution is -2.30. The number of rotatable bonds is 16. The molecule has 1 heterocycles. The Kier molecular flexibility index (Phi) is 14.9. The standard InChI is InChI=1S/C32H33Cl6F2NOS/c1-2-3-4-5-6-7-8-12-25(35)28(36)31(37)42-26-13-10-9-11-23(26)24-19-41-30(32(38,39)40)27(29(24)43)22-15-14-20(17-33)16-21(22)18-34/h6-7,9-11,13-16,19,25,28,31H,2-5,8,12,17-18H2,1H3,(H,41,43). The van der Waals surface area contributed by atoms with Crippen LogP contribution in [0.3, 0.4) is 0 Å². The van der Waals surface area contributed by atoms with Crippen LogP contribution in [0.25, 0.3) is 22.3 Å². The van der Waals surface area contributed by atoms with Gasteiger partial charge in [0.05, 0.1) is 9.89 Å². The summed E-state index contributed by atoms with van der Waals surface area (Å²) in [5, 5.41) is -4.89. The molecule has 0 saturated heterocycles. The summed E-state index contributed by atoms with van der Waals surface area (Å²) < 4.78 is 35.5. The molecule has 0 amide bonds. The summed E-state index contributed by atoms with van der Waals surface area (Å²) in [6.45, 7) is 2.18. The van der Waals surface area contributed by atoms with Crippen LogP contribution in [0.15, 0.2) is 60.8 Å². The second kappa shape index (κ2) is 17.6. The SMILES string of the molecule is CCCCCC=CCCC(Cl)C(Cl)C(Cl)Oc1ccccc1-c1c[nH]c(C(F)(F)Cl)c(-c2ccc(CCl)cc2CCl)c1=S. The van der Waals surface area contributed by atoms with E-state index < -0.39 is 27.4 Å². The summed E-state index contributed by atoms with van der Waals surface area (Å²) in [7, 11) is 0. The third-order valence-corrected chi connectivity index (χ3v) is 9.72. The Balaban J connectivity index is 1.93. The Morgan fingerprint density at radius 3 is 2.35 bits per heavy atom. The van der Waals surface area contributed by atoms with E-state index in [0.717, 1.165) is 18.4 Å². The molecule has 0 bridgehead atoms. The highest BCUT2D eigenvalue weighted by molar-refractivity contribution is 7.71. The Morgan fingerprint density at radius 1 is 0.953 bits per heavy atom. The van der Waals surface area contributed by atoms with E-state index >= 15 is 0 Å². The maximum absolute atomic E-state index is 14.7. The summed E-state index contributed by atoms with van der Waals surface area (Å²) in [6.07, 6.45) is 11.7. The quantitative estimate of drug-likeness (QED) is 0.0687. The summed E-state index contributed by atoms with van der Waals surface area (Å²) >= 11 is 43.4. The normalized spacial score (nSPS) is 14.2. The molecule has 2 aromatic carbocycles. The minimum Gasteiger partial charge on any atom is -0.472 e. The van der Waals surface area contributed by atoms with E-state index in [4.69, 9.17) is 86.6 Å². The van der Waals surface area contributed by atoms with Gasteiger partial charge < -0.3 is 9.72 Å². The highest BCUT2D eigenvalue weighted by Gasteiger charge is 2.34. The van der Waals surface area contributed by atoms with Crippen molar-refractivity contribution >= 4 is 81.8 Å². The molecule has 0 aliphatic heterocycles. The Hall–Kier alpha value is -1.05. The van der Waals surface area contributed by atoms with E-state index in [1.165, 1.54) is 25.5 Å². The summed E-state index contributed by atoms with van der Waals surface area (Å²) in [5.74, 6) is 0.643. The van der Waals surface area contributed by atoms with Gasteiger partial charge in [0.15, 0.2) is 5.56 Å². The first-order valence-corrected chi connectivity index (χ1v) is 17.1. The average molecular weight is 730 g/mol. The molecule has 3 unspecified atom stereocenters. The maximum Gasteiger partial charge on any atom is 0.363 e. The number of alkyl halides is 8. The number of para-hydroxylation sites is 1. The molecule has 0 radical (unpaired) electrons. The lowest BCUT2D eigenvalue weighted by molar-refractivity contribution is 0.0907. The minimum atomic E-state index is -3.74. The van der Waals surface area contributed by atoms with Gasteiger partial charge in [-0.15, -0.1) is 46.4 Å². The first-order valence-electron chi connectivity index (χ1n) is 13.9. The third-order valence-electron chi connectivity index (χ3n) is 6.87. The number of aromatic nitrogens is 1. The van der Waals surface area contributed by atoms with Gasteiger partial charge in [0.1, 0.15) is 16.8 Å². The molecule has 3 aromatic rings. The molecule has 1 N–H and O–H groups in total. The smallest absolute Gasteiger partial charge is 0.363 e. The van der Waals surface area contributed by atoms with Crippen LogP contribution in [-0.2, 0) is 17.1 Å². The lowest BCUT2D eigenvalue weighted by atomic mass is 9.94. The molecule has 1 aromatic heterocycles. The number of halogens is 8. The molecule has 0 aliphatic carbocycles. The van der Waals surface area contributed by atoms with E-state index in [1.807, 2.05) is 0 Å². The van der Waals surface area contributed by atoms with Crippen molar-refractivity contribution in [3.63, 3.8) is 0 Å². The minimum absolute atomic E-state index is 0.0470. The van der Waals surface area contributed by atoms with Crippen molar-refractivity contribution in [1.82, 2.24) is 4.98 Å². The molecule has 2 nitrogen and oxygen atoms in total. The van der Waals surface area contributed by atoms with E-state index in [2.05, 4.69) is 24.1 Å². The molecule has 3 rings (SSSR count). The molecule has 43 heavy (non-hydrogen) atoms. The van der Waals surface area contributed by atoms with Crippen LogP contribution >= 0.6 is 81.8 Å². The van der Waals surface area contributed by atoms with Crippen molar-refractivity contribution in [2.45, 2.75) is 78.9 Å². The number of ether oxygens (including phenoxy) is 1. The number of benzene rings is 2. The molecule has 234 valence electrons. The predicted octanol–water partition coefficient (Wildman–Crippen LogP) is 12.9. The zero-order valence-electron chi connectivity index (χ0n) is 23.5. The van der Waals surface area contributed by atoms with Crippen molar-refractivity contribution in [3.8, 4) is 28.0 Å². The van der Waals surface area contributed by atoms with Gasteiger partial charge in [-0.3, -0.25) is 0 Å². The van der Waals surface area contributed by atoms with Crippen LogP contribution < -0.4 is 4.74 Å². The van der Waals surface area contributed by atoms with E-state index in [1.54, 1.807) is 42.5 Å². The zero-order chi connectivity index (χ0) is 31.6.